The molecule has 1 aromatic heterocycles. The molecule has 158 valence electrons. The van der Waals surface area contributed by atoms with E-state index in [9.17, 15) is 13.2 Å². The molecule has 0 aliphatic carbocycles. The lowest BCUT2D eigenvalue weighted by Gasteiger charge is -2.26. The molecule has 2 aromatic rings. The number of rotatable bonds is 8. The zero-order chi connectivity index (χ0) is 20.9. The fourth-order valence-corrected chi connectivity index (χ4v) is 4.82. The van der Waals surface area contributed by atoms with Crippen molar-refractivity contribution in [3.05, 3.63) is 42.4 Å². The van der Waals surface area contributed by atoms with Crippen LogP contribution in [0.3, 0.4) is 0 Å². The van der Waals surface area contributed by atoms with Gasteiger partial charge in [0.05, 0.1) is 36.5 Å². The highest BCUT2D eigenvalue weighted by Crippen LogP contribution is 2.30. The summed E-state index contributed by atoms with van der Waals surface area (Å²) in [5.74, 6) is 0.814. The first kappa shape index (κ1) is 21.4. The molecule has 0 spiro atoms. The van der Waals surface area contributed by atoms with Gasteiger partial charge in [0.15, 0.2) is 0 Å². The molecular formula is C20H27N3O5S. The molecule has 0 bridgehead atoms. The minimum atomic E-state index is -3.60. The van der Waals surface area contributed by atoms with Crippen LogP contribution in [0.15, 0.2) is 45.9 Å². The number of amides is 1. The SMILES string of the molecule is COc1ccc(S(=O)(=O)N2CCCCC2)cc1NC(=O)CN[C@H](C)c1ccco1. The summed E-state index contributed by atoms with van der Waals surface area (Å²) in [5, 5.41) is 5.80. The average molecular weight is 422 g/mol. The van der Waals surface area contributed by atoms with Gasteiger partial charge in [0.25, 0.3) is 0 Å². The number of hydrogen-bond acceptors (Lipinski definition) is 6. The van der Waals surface area contributed by atoms with Crippen LogP contribution >= 0.6 is 0 Å². The molecule has 1 aliphatic rings. The third-order valence-electron chi connectivity index (χ3n) is 4.94. The Hall–Kier alpha value is -2.36. The molecule has 9 heteroatoms. The second-order valence-electron chi connectivity index (χ2n) is 6.99. The highest BCUT2D eigenvalue weighted by atomic mass is 32.2. The molecule has 2 heterocycles. The van der Waals surface area contributed by atoms with Crippen LogP contribution in [0.5, 0.6) is 5.75 Å². The number of sulfonamides is 1. The summed E-state index contributed by atoms with van der Waals surface area (Å²) in [6.07, 6.45) is 4.34. The molecule has 1 fully saturated rings. The maximum absolute atomic E-state index is 12.9. The van der Waals surface area contributed by atoms with E-state index >= 15 is 0 Å². The number of methoxy groups -OCH3 is 1. The van der Waals surface area contributed by atoms with Crippen molar-refractivity contribution in [2.45, 2.75) is 37.1 Å². The Bertz CT molecular complexity index is 922. The van der Waals surface area contributed by atoms with Crippen molar-refractivity contribution in [3.8, 4) is 5.75 Å². The maximum Gasteiger partial charge on any atom is 0.243 e. The highest BCUT2D eigenvalue weighted by Gasteiger charge is 2.27. The quantitative estimate of drug-likeness (QED) is 0.680. The highest BCUT2D eigenvalue weighted by molar-refractivity contribution is 7.89. The summed E-state index contributed by atoms with van der Waals surface area (Å²) in [4.78, 5) is 12.5. The number of nitrogens with zero attached hydrogens (tertiary/aromatic N) is 1. The Kier molecular flexibility index (Phi) is 6.94. The molecule has 0 saturated carbocycles. The predicted molar refractivity (Wildman–Crippen MR) is 109 cm³/mol. The van der Waals surface area contributed by atoms with Crippen molar-refractivity contribution in [2.24, 2.45) is 0 Å². The minimum absolute atomic E-state index is 0.0358. The molecule has 1 saturated heterocycles. The number of anilines is 1. The van der Waals surface area contributed by atoms with E-state index in [2.05, 4.69) is 10.6 Å². The number of carbonyl (C=O) groups is 1. The number of furan rings is 1. The largest absolute Gasteiger partial charge is 0.495 e. The standard InChI is InChI=1S/C20H27N3O5S/c1-15(18-7-6-12-28-18)21-14-20(24)22-17-13-16(8-9-19(17)27-2)29(25,26)23-10-4-3-5-11-23/h6-9,12-13,15,21H,3-5,10-11,14H2,1-2H3,(H,22,24)/t15-/m1/s1. The van der Waals surface area contributed by atoms with Gasteiger partial charge in [-0.1, -0.05) is 6.42 Å². The van der Waals surface area contributed by atoms with E-state index in [-0.39, 0.29) is 23.4 Å². The van der Waals surface area contributed by atoms with Crippen LogP contribution in [0.25, 0.3) is 0 Å². The summed E-state index contributed by atoms with van der Waals surface area (Å²) in [7, 11) is -2.13. The predicted octanol–water partition coefficient (Wildman–Crippen LogP) is 2.75. The van der Waals surface area contributed by atoms with Crippen molar-refractivity contribution < 1.29 is 22.4 Å². The number of piperidine rings is 1. The van der Waals surface area contributed by atoms with Gasteiger partial charge in [-0.25, -0.2) is 8.42 Å². The van der Waals surface area contributed by atoms with Crippen LogP contribution in [0, 0.1) is 0 Å². The molecule has 1 atom stereocenters. The fourth-order valence-electron chi connectivity index (χ4n) is 3.28. The summed E-state index contributed by atoms with van der Waals surface area (Å²) >= 11 is 0. The zero-order valence-corrected chi connectivity index (χ0v) is 17.5. The first-order valence-electron chi connectivity index (χ1n) is 9.66. The first-order valence-corrected chi connectivity index (χ1v) is 11.1. The molecule has 1 amide bonds. The summed E-state index contributed by atoms with van der Waals surface area (Å²) in [6, 6.07) is 8.00. The van der Waals surface area contributed by atoms with Crippen LogP contribution in [0.2, 0.25) is 0 Å². The second-order valence-corrected chi connectivity index (χ2v) is 8.93. The Morgan fingerprint density at radius 1 is 1.24 bits per heavy atom. The van der Waals surface area contributed by atoms with Crippen molar-refractivity contribution in [3.63, 3.8) is 0 Å². The average Bonchev–Trinajstić information content (AvgIpc) is 3.27. The van der Waals surface area contributed by atoms with Gasteiger partial charge in [-0.15, -0.1) is 0 Å². The summed E-state index contributed by atoms with van der Waals surface area (Å²) in [5.41, 5.74) is 0.322. The van der Waals surface area contributed by atoms with Crippen LogP contribution in [0.4, 0.5) is 5.69 Å². The van der Waals surface area contributed by atoms with E-state index in [1.165, 1.54) is 23.5 Å². The van der Waals surface area contributed by atoms with Crippen LogP contribution in [0.1, 0.15) is 38.0 Å². The number of nitrogens with one attached hydrogen (secondary N) is 2. The van der Waals surface area contributed by atoms with Crippen molar-refractivity contribution in [2.75, 3.05) is 32.1 Å². The zero-order valence-electron chi connectivity index (χ0n) is 16.7. The number of ether oxygens (including phenoxy) is 1. The molecule has 1 aliphatic heterocycles. The molecule has 2 N–H and O–H groups in total. The van der Waals surface area contributed by atoms with E-state index in [1.807, 2.05) is 13.0 Å². The van der Waals surface area contributed by atoms with Crippen molar-refractivity contribution in [1.82, 2.24) is 9.62 Å². The lowest BCUT2D eigenvalue weighted by atomic mass is 10.2. The Morgan fingerprint density at radius 2 is 2.00 bits per heavy atom. The van der Waals surface area contributed by atoms with Gasteiger partial charge in [0.2, 0.25) is 15.9 Å². The fraction of sp³-hybridized carbons (Fsp3) is 0.450. The molecule has 8 nitrogen and oxygen atoms in total. The summed E-state index contributed by atoms with van der Waals surface area (Å²) < 4.78 is 37.9. The van der Waals surface area contributed by atoms with Crippen molar-refractivity contribution in [1.29, 1.82) is 0 Å². The number of hydrogen-bond donors (Lipinski definition) is 2. The van der Waals surface area contributed by atoms with E-state index in [0.717, 1.165) is 25.0 Å². The van der Waals surface area contributed by atoms with E-state index in [4.69, 9.17) is 9.15 Å². The Balaban J connectivity index is 1.70. The minimum Gasteiger partial charge on any atom is -0.495 e. The monoisotopic (exact) mass is 421 g/mol. The first-order chi connectivity index (χ1) is 13.9. The lowest BCUT2D eigenvalue weighted by molar-refractivity contribution is -0.115. The Labute approximate surface area is 171 Å². The van der Waals surface area contributed by atoms with Gasteiger partial charge < -0.3 is 14.5 Å². The maximum atomic E-state index is 12.9. The van der Waals surface area contributed by atoms with E-state index in [1.54, 1.807) is 18.4 Å². The molecule has 29 heavy (non-hydrogen) atoms. The number of benzene rings is 1. The molecular weight excluding hydrogens is 394 g/mol. The molecule has 0 radical (unpaired) electrons. The third kappa shape index (κ3) is 5.17. The van der Waals surface area contributed by atoms with Crippen molar-refractivity contribution >= 4 is 21.6 Å². The van der Waals surface area contributed by atoms with Gasteiger partial charge >= 0.3 is 0 Å². The second kappa shape index (κ2) is 9.43. The Morgan fingerprint density at radius 3 is 2.66 bits per heavy atom. The van der Waals surface area contributed by atoms with Crippen LogP contribution in [-0.4, -0.2) is 45.4 Å². The molecule has 3 rings (SSSR count). The topological polar surface area (TPSA) is 101 Å². The normalized spacial score (nSPS) is 16.3. The summed E-state index contributed by atoms with van der Waals surface area (Å²) in [6.45, 7) is 2.96. The molecule has 0 unspecified atom stereocenters. The van der Waals surface area contributed by atoms with E-state index < -0.39 is 10.0 Å². The third-order valence-corrected chi connectivity index (χ3v) is 6.83. The van der Waals surface area contributed by atoms with Gasteiger partial charge in [0, 0.05) is 13.1 Å². The van der Waals surface area contributed by atoms with Gasteiger partial charge in [-0.2, -0.15) is 4.31 Å². The van der Waals surface area contributed by atoms with Gasteiger partial charge in [-0.05, 0) is 50.1 Å². The van der Waals surface area contributed by atoms with Gasteiger partial charge in [0.1, 0.15) is 11.5 Å². The van der Waals surface area contributed by atoms with E-state index in [0.29, 0.717) is 24.5 Å². The lowest BCUT2D eigenvalue weighted by Crippen LogP contribution is -2.35. The number of carbonyl (C=O) groups excluding carboxylic acids is 1. The van der Waals surface area contributed by atoms with Crippen LogP contribution < -0.4 is 15.4 Å². The smallest absolute Gasteiger partial charge is 0.243 e. The van der Waals surface area contributed by atoms with Gasteiger partial charge in [-0.3, -0.25) is 10.1 Å². The van der Waals surface area contributed by atoms with Crippen LogP contribution in [-0.2, 0) is 14.8 Å². The molecule has 1 aromatic carbocycles.